The van der Waals surface area contributed by atoms with Crippen molar-refractivity contribution in [3.8, 4) is 6.07 Å². The van der Waals surface area contributed by atoms with Crippen molar-refractivity contribution in [2.75, 3.05) is 25.5 Å². The summed E-state index contributed by atoms with van der Waals surface area (Å²) in [6.07, 6.45) is 1.12. The van der Waals surface area contributed by atoms with E-state index < -0.39 is 0 Å². The van der Waals surface area contributed by atoms with Gasteiger partial charge in [-0.05, 0) is 44.1 Å². The van der Waals surface area contributed by atoms with Crippen LogP contribution in [0.3, 0.4) is 0 Å². The maximum absolute atomic E-state index is 9.16. The molecule has 0 amide bonds. The van der Waals surface area contributed by atoms with Crippen molar-refractivity contribution >= 4 is 21.6 Å². The minimum Gasteiger partial charge on any atom is -0.381 e. The molecule has 1 saturated heterocycles. The first-order valence-electron chi connectivity index (χ1n) is 6.25. The molecule has 96 valence electrons. The van der Waals surface area contributed by atoms with E-state index in [4.69, 9.17) is 5.26 Å². The summed E-state index contributed by atoms with van der Waals surface area (Å²) in [6.45, 7) is 4.48. The zero-order valence-corrected chi connectivity index (χ0v) is 12.4. The molecule has 1 aliphatic heterocycles. The largest absolute Gasteiger partial charge is 0.381 e. The number of likely N-dealkylation sites (tertiary alicyclic amines) is 1. The Balaban J connectivity index is 2.12. The molecule has 1 N–H and O–H groups in total. The Morgan fingerprint density at radius 1 is 1.50 bits per heavy atom. The van der Waals surface area contributed by atoms with E-state index in [0.717, 1.165) is 29.7 Å². The topological polar surface area (TPSA) is 39.1 Å². The first-order valence-corrected chi connectivity index (χ1v) is 7.04. The Morgan fingerprint density at radius 2 is 2.28 bits per heavy atom. The summed E-state index contributed by atoms with van der Waals surface area (Å²) in [5.74, 6) is 0.596. The van der Waals surface area contributed by atoms with Crippen LogP contribution in [0.5, 0.6) is 0 Å². The standard InChI is InChI=1S/C14H18BrN3/c1-10-9-18(2)6-5-13(10)17-14-4-3-12(15)7-11(14)8-16/h3-4,7,10,13,17H,5-6,9H2,1-2H3. The van der Waals surface area contributed by atoms with Gasteiger partial charge in [0.05, 0.1) is 11.3 Å². The highest BCUT2D eigenvalue weighted by Gasteiger charge is 2.24. The van der Waals surface area contributed by atoms with Crippen molar-refractivity contribution in [3.63, 3.8) is 0 Å². The molecule has 0 bridgehead atoms. The van der Waals surface area contributed by atoms with Crippen LogP contribution in [0, 0.1) is 17.2 Å². The van der Waals surface area contributed by atoms with Gasteiger partial charge in [-0.2, -0.15) is 5.26 Å². The van der Waals surface area contributed by atoms with E-state index in [1.54, 1.807) is 0 Å². The van der Waals surface area contributed by atoms with Gasteiger partial charge in [0.25, 0.3) is 0 Å². The van der Waals surface area contributed by atoms with Crippen LogP contribution in [0.1, 0.15) is 18.9 Å². The predicted molar refractivity (Wildman–Crippen MR) is 77.5 cm³/mol. The minimum absolute atomic E-state index is 0.453. The second-order valence-corrected chi connectivity index (χ2v) is 6.00. The Morgan fingerprint density at radius 3 is 2.94 bits per heavy atom. The van der Waals surface area contributed by atoms with E-state index in [1.165, 1.54) is 0 Å². The molecule has 1 aliphatic rings. The molecule has 3 nitrogen and oxygen atoms in total. The Hall–Kier alpha value is -1.05. The fourth-order valence-corrected chi connectivity index (χ4v) is 2.86. The number of hydrogen-bond acceptors (Lipinski definition) is 3. The van der Waals surface area contributed by atoms with Gasteiger partial charge in [0.1, 0.15) is 6.07 Å². The maximum Gasteiger partial charge on any atom is 0.101 e. The molecule has 2 rings (SSSR count). The minimum atomic E-state index is 0.453. The molecule has 1 fully saturated rings. The van der Waals surface area contributed by atoms with E-state index in [2.05, 4.69) is 46.2 Å². The van der Waals surface area contributed by atoms with E-state index in [1.807, 2.05) is 18.2 Å². The van der Waals surface area contributed by atoms with Crippen LogP contribution in [0.2, 0.25) is 0 Å². The quantitative estimate of drug-likeness (QED) is 0.912. The third kappa shape index (κ3) is 3.04. The van der Waals surface area contributed by atoms with Crippen molar-refractivity contribution < 1.29 is 0 Å². The lowest BCUT2D eigenvalue weighted by atomic mass is 9.93. The van der Waals surface area contributed by atoms with Gasteiger partial charge in [-0.25, -0.2) is 0 Å². The monoisotopic (exact) mass is 307 g/mol. The predicted octanol–water partition coefficient (Wildman–Crippen LogP) is 3.07. The second kappa shape index (κ2) is 5.73. The van der Waals surface area contributed by atoms with Gasteiger partial charge in [-0.15, -0.1) is 0 Å². The van der Waals surface area contributed by atoms with Crippen molar-refractivity contribution in [1.82, 2.24) is 4.90 Å². The smallest absolute Gasteiger partial charge is 0.101 e. The number of rotatable bonds is 2. The summed E-state index contributed by atoms with van der Waals surface area (Å²) in [7, 11) is 2.16. The number of benzene rings is 1. The van der Waals surface area contributed by atoms with Gasteiger partial charge in [0, 0.05) is 17.1 Å². The molecule has 0 aromatic heterocycles. The normalized spacial score (nSPS) is 24.6. The number of nitrogens with zero attached hydrogens (tertiary/aromatic N) is 2. The molecule has 0 aliphatic carbocycles. The number of piperidine rings is 1. The fourth-order valence-electron chi connectivity index (χ4n) is 2.50. The third-order valence-electron chi connectivity index (χ3n) is 3.55. The molecule has 1 aromatic carbocycles. The van der Waals surface area contributed by atoms with Crippen LogP contribution >= 0.6 is 15.9 Å². The molecule has 0 saturated carbocycles. The lowest BCUT2D eigenvalue weighted by molar-refractivity contribution is 0.206. The van der Waals surface area contributed by atoms with Crippen LogP contribution in [0.15, 0.2) is 22.7 Å². The SMILES string of the molecule is CC1CN(C)CCC1Nc1ccc(Br)cc1C#N. The first kappa shape index (κ1) is 13.4. The molecule has 2 atom stereocenters. The molecule has 0 spiro atoms. The van der Waals surface area contributed by atoms with Gasteiger partial charge in [0.15, 0.2) is 0 Å². The summed E-state index contributed by atoms with van der Waals surface area (Å²) < 4.78 is 0.945. The number of nitrogens with one attached hydrogen (secondary N) is 1. The zero-order valence-electron chi connectivity index (χ0n) is 10.8. The summed E-state index contributed by atoms with van der Waals surface area (Å²) in [6, 6.07) is 8.52. The zero-order chi connectivity index (χ0) is 13.1. The lowest BCUT2D eigenvalue weighted by Crippen LogP contribution is -2.43. The highest BCUT2D eigenvalue weighted by Crippen LogP contribution is 2.25. The highest BCUT2D eigenvalue weighted by molar-refractivity contribution is 9.10. The summed E-state index contributed by atoms with van der Waals surface area (Å²) in [4.78, 5) is 2.36. The van der Waals surface area contributed by atoms with Crippen molar-refractivity contribution in [2.24, 2.45) is 5.92 Å². The van der Waals surface area contributed by atoms with E-state index in [-0.39, 0.29) is 0 Å². The molecule has 18 heavy (non-hydrogen) atoms. The molecular formula is C14H18BrN3. The van der Waals surface area contributed by atoms with Gasteiger partial charge in [-0.3, -0.25) is 0 Å². The lowest BCUT2D eigenvalue weighted by Gasteiger charge is -2.36. The van der Waals surface area contributed by atoms with Gasteiger partial charge >= 0.3 is 0 Å². The van der Waals surface area contributed by atoms with E-state index in [0.29, 0.717) is 17.5 Å². The highest BCUT2D eigenvalue weighted by atomic mass is 79.9. The summed E-state index contributed by atoms with van der Waals surface area (Å²) in [5, 5.41) is 12.7. The molecule has 1 aromatic rings. The molecule has 2 unspecified atom stereocenters. The number of anilines is 1. The van der Waals surface area contributed by atoms with Gasteiger partial charge in [-0.1, -0.05) is 22.9 Å². The molecule has 0 radical (unpaired) electrons. The van der Waals surface area contributed by atoms with E-state index in [9.17, 15) is 0 Å². The summed E-state index contributed by atoms with van der Waals surface area (Å²) >= 11 is 3.40. The van der Waals surface area contributed by atoms with E-state index >= 15 is 0 Å². The van der Waals surface area contributed by atoms with Gasteiger partial charge < -0.3 is 10.2 Å². The Labute approximate surface area is 117 Å². The van der Waals surface area contributed by atoms with Crippen LogP contribution in [0.4, 0.5) is 5.69 Å². The number of halogens is 1. The van der Waals surface area contributed by atoms with Crippen LogP contribution in [0.25, 0.3) is 0 Å². The Bertz CT molecular complexity index is 467. The number of nitriles is 1. The first-order chi connectivity index (χ1) is 8.60. The van der Waals surface area contributed by atoms with Crippen molar-refractivity contribution in [2.45, 2.75) is 19.4 Å². The fraction of sp³-hybridized carbons (Fsp3) is 0.500. The second-order valence-electron chi connectivity index (χ2n) is 5.08. The van der Waals surface area contributed by atoms with Gasteiger partial charge in [0.2, 0.25) is 0 Å². The van der Waals surface area contributed by atoms with Crippen LogP contribution < -0.4 is 5.32 Å². The average molecular weight is 308 g/mol. The molecule has 4 heteroatoms. The number of hydrogen-bond donors (Lipinski definition) is 1. The van der Waals surface area contributed by atoms with Crippen LogP contribution in [-0.4, -0.2) is 31.1 Å². The summed E-state index contributed by atoms with van der Waals surface area (Å²) in [5.41, 5.74) is 1.65. The van der Waals surface area contributed by atoms with Crippen molar-refractivity contribution in [1.29, 1.82) is 5.26 Å². The maximum atomic E-state index is 9.16. The molecule has 1 heterocycles. The van der Waals surface area contributed by atoms with Crippen molar-refractivity contribution in [3.05, 3.63) is 28.2 Å². The Kier molecular flexibility index (Phi) is 4.26. The van der Waals surface area contributed by atoms with Crippen LogP contribution in [-0.2, 0) is 0 Å². The molecular weight excluding hydrogens is 290 g/mol. The third-order valence-corrected chi connectivity index (χ3v) is 4.04. The average Bonchev–Trinajstić information content (AvgIpc) is 2.34.